The molecule has 3 heteroatoms. The maximum Gasteiger partial charge on any atom is 0.0637 e. The monoisotopic (exact) mass is 274 g/mol. The second kappa shape index (κ2) is 6.18. The summed E-state index contributed by atoms with van der Waals surface area (Å²) in [6, 6.07) is 8.83. The standard InChI is InChI=1S/C16H19ClN2/c1-11-6-12(2)8-13(7-11)9-16(18-3)14-4-5-19-10-15(14)17/h4-8,10,16,18H,9H2,1-3H3. The lowest BCUT2D eigenvalue weighted by Crippen LogP contribution is -2.19. The van der Waals surface area contributed by atoms with Crippen molar-refractivity contribution in [3.05, 3.63) is 63.9 Å². The fourth-order valence-electron chi connectivity index (χ4n) is 2.46. The van der Waals surface area contributed by atoms with Crippen LogP contribution in [0.25, 0.3) is 0 Å². The first-order chi connectivity index (χ1) is 9.10. The summed E-state index contributed by atoms with van der Waals surface area (Å²) >= 11 is 6.22. The van der Waals surface area contributed by atoms with Crippen LogP contribution >= 0.6 is 11.6 Å². The highest BCUT2D eigenvalue weighted by atomic mass is 35.5. The molecular formula is C16H19ClN2. The number of hydrogen-bond acceptors (Lipinski definition) is 2. The number of likely N-dealkylation sites (N-methyl/N-ethyl adjacent to an activating group) is 1. The van der Waals surface area contributed by atoms with Crippen molar-refractivity contribution in [2.45, 2.75) is 26.3 Å². The predicted octanol–water partition coefficient (Wildman–Crippen LogP) is 3.86. The SMILES string of the molecule is CNC(Cc1cc(C)cc(C)c1)c1ccncc1Cl. The molecule has 0 aliphatic rings. The molecular weight excluding hydrogens is 256 g/mol. The van der Waals surface area contributed by atoms with Gasteiger partial charge < -0.3 is 5.32 Å². The smallest absolute Gasteiger partial charge is 0.0637 e. The van der Waals surface area contributed by atoms with Crippen molar-refractivity contribution in [2.75, 3.05) is 7.05 Å². The average Bonchev–Trinajstić information content (AvgIpc) is 2.36. The lowest BCUT2D eigenvalue weighted by atomic mass is 9.97. The molecule has 2 rings (SSSR count). The lowest BCUT2D eigenvalue weighted by Gasteiger charge is -2.18. The van der Waals surface area contributed by atoms with Crippen molar-refractivity contribution >= 4 is 11.6 Å². The molecule has 0 bridgehead atoms. The van der Waals surface area contributed by atoms with E-state index in [0.29, 0.717) is 5.02 Å². The number of nitrogens with one attached hydrogen (secondary N) is 1. The van der Waals surface area contributed by atoms with Gasteiger partial charge in [-0.15, -0.1) is 0 Å². The molecule has 2 nitrogen and oxygen atoms in total. The summed E-state index contributed by atoms with van der Waals surface area (Å²) in [5, 5.41) is 4.05. The van der Waals surface area contributed by atoms with E-state index in [-0.39, 0.29) is 6.04 Å². The molecule has 1 unspecified atom stereocenters. The second-order valence-electron chi connectivity index (χ2n) is 4.94. The van der Waals surface area contributed by atoms with Crippen molar-refractivity contribution in [3.63, 3.8) is 0 Å². The minimum atomic E-state index is 0.205. The zero-order valence-corrected chi connectivity index (χ0v) is 12.3. The predicted molar refractivity (Wildman–Crippen MR) is 80.7 cm³/mol. The summed E-state index contributed by atoms with van der Waals surface area (Å²) in [5.74, 6) is 0. The number of hydrogen-bond donors (Lipinski definition) is 1. The van der Waals surface area contributed by atoms with E-state index in [1.165, 1.54) is 16.7 Å². The Hall–Kier alpha value is -1.38. The molecule has 0 aliphatic heterocycles. The minimum absolute atomic E-state index is 0.205. The average molecular weight is 275 g/mol. The molecule has 1 aromatic heterocycles. The molecule has 19 heavy (non-hydrogen) atoms. The van der Waals surface area contributed by atoms with E-state index in [9.17, 15) is 0 Å². The van der Waals surface area contributed by atoms with Crippen molar-refractivity contribution in [3.8, 4) is 0 Å². The summed E-state index contributed by atoms with van der Waals surface area (Å²) in [6.07, 6.45) is 4.40. The molecule has 1 atom stereocenters. The van der Waals surface area contributed by atoms with Gasteiger partial charge in [-0.2, -0.15) is 0 Å². The molecule has 0 spiro atoms. The molecule has 1 N–H and O–H groups in total. The molecule has 0 saturated carbocycles. The Morgan fingerprint density at radius 2 is 1.89 bits per heavy atom. The number of nitrogens with zero attached hydrogens (tertiary/aromatic N) is 1. The first-order valence-electron chi connectivity index (χ1n) is 6.44. The maximum absolute atomic E-state index is 6.22. The number of halogens is 1. The second-order valence-corrected chi connectivity index (χ2v) is 5.35. The van der Waals surface area contributed by atoms with Gasteiger partial charge in [-0.05, 0) is 44.5 Å². The van der Waals surface area contributed by atoms with E-state index in [0.717, 1.165) is 12.0 Å². The molecule has 0 saturated heterocycles. The Bertz CT molecular complexity index is 546. The van der Waals surface area contributed by atoms with Crippen molar-refractivity contribution < 1.29 is 0 Å². The van der Waals surface area contributed by atoms with E-state index in [4.69, 9.17) is 11.6 Å². The Kier molecular flexibility index (Phi) is 4.56. The van der Waals surface area contributed by atoms with Crippen LogP contribution in [-0.2, 0) is 6.42 Å². The lowest BCUT2D eigenvalue weighted by molar-refractivity contribution is 0.591. The number of rotatable bonds is 4. The Morgan fingerprint density at radius 3 is 2.47 bits per heavy atom. The Morgan fingerprint density at radius 1 is 1.21 bits per heavy atom. The fourth-order valence-corrected chi connectivity index (χ4v) is 2.71. The van der Waals surface area contributed by atoms with E-state index in [1.807, 2.05) is 13.1 Å². The zero-order valence-electron chi connectivity index (χ0n) is 11.6. The summed E-state index contributed by atoms with van der Waals surface area (Å²) in [4.78, 5) is 4.04. The number of aromatic nitrogens is 1. The van der Waals surface area contributed by atoms with Crippen molar-refractivity contribution in [1.29, 1.82) is 0 Å². The van der Waals surface area contributed by atoms with Crippen LogP contribution in [0.3, 0.4) is 0 Å². The third kappa shape index (κ3) is 3.55. The van der Waals surface area contributed by atoms with Crippen LogP contribution in [0.1, 0.15) is 28.3 Å². The molecule has 1 heterocycles. The van der Waals surface area contributed by atoms with Gasteiger partial charge in [0.15, 0.2) is 0 Å². The highest BCUT2D eigenvalue weighted by Gasteiger charge is 2.13. The van der Waals surface area contributed by atoms with Gasteiger partial charge in [0.1, 0.15) is 0 Å². The van der Waals surface area contributed by atoms with Crippen LogP contribution in [0.4, 0.5) is 0 Å². The van der Waals surface area contributed by atoms with E-state index in [2.05, 4.69) is 42.3 Å². The van der Waals surface area contributed by atoms with Crippen LogP contribution in [0, 0.1) is 13.8 Å². The normalized spacial score (nSPS) is 12.4. The quantitative estimate of drug-likeness (QED) is 0.916. The highest BCUT2D eigenvalue weighted by molar-refractivity contribution is 6.31. The molecule has 0 radical (unpaired) electrons. The van der Waals surface area contributed by atoms with Gasteiger partial charge in [0.2, 0.25) is 0 Å². The number of benzene rings is 1. The number of pyridine rings is 1. The molecule has 1 aromatic carbocycles. The van der Waals surface area contributed by atoms with Crippen LogP contribution < -0.4 is 5.32 Å². The fraction of sp³-hybridized carbons (Fsp3) is 0.312. The third-order valence-electron chi connectivity index (χ3n) is 3.25. The first kappa shape index (κ1) is 14.0. The van der Waals surface area contributed by atoms with Crippen molar-refractivity contribution in [1.82, 2.24) is 10.3 Å². The summed E-state index contributed by atoms with van der Waals surface area (Å²) in [7, 11) is 1.96. The molecule has 100 valence electrons. The van der Waals surface area contributed by atoms with Crippen molar-refractivity contribution in [2.24, 2.45) is 0 Å². The third-order valence-corrected chi connectivity index (χ3v) is 3.56. The summed E-state index contributed by atoms with van der Waals surface area (Å²) < 4.78 is 0. The van der Waals surface area contributed by atoms with Crippen LogP contribution in [0.5, 0.6) is 0 Å². The van der Waals surface area contributed by atoms with Gasteiger partial charge in [-0.25, -0.2) is 0 Å². The van der Waals surface area contributed by atoms with Gasteiger partial charge in [-0.1, -0.05) is 40.9 Å². The number of aryl methyl sites for hydroxylation is 2. The highest BCUT2D eigenvalue weighted by Crippen LogP contribution is 2.25. The van der Waals surface area contributed by atoms with E-state index >= 15 is 0 Å². The van der Waals surface area contributed by atoms with Gasteiger partial charge in [0.05, 0.1) is 5.02 Å². The zero-order chi connectivity index (χ0) is 13.8. The summed E-state index contributed by atoms with van der Waals surface area (Å²) in [5.41, 5.74) is 5.01. The molecule has 2 aromatic rings. The van der Waals surface area contributed by atoms with Gasteiger partial charge in [0, 0.05) is 18.4 Å². The molecule has 0 amide bonds. The minimum Gasteiger partial charge on any atom is -0.313 e. The van der Waals surface area contributed by atoms with E-state index in [1.54, 1.807) is 12.4 Å². The van der Waals surface area contributed by atoms with E-state index < -0.39 is 0 Å². The largest absolute Gasteiger partial charge is 0.313 e. The van der Waals surface area contributed by atoms with Gasteiger partial charge in [0.25, 0.3) is 0 Å². The Labute approximate surface area is 119 Å². The first-order valence-corrected chi connectivity index (χ1v) is 6.82. The van der Waals surface area contributed by atoms with Crippen LogP contribution in [-0.4, -0.2) is 12.0 Å². The Balaban J connectivity index is 2.26. The maximum atomic E-state index is 6.22. The van der Waals surface area contributed by atoms with Gasteiger partial charge >= 0.3 is 0 Å². The topological polar surface area (TPSA) is 24.9 Å². The van der Waals surface area contributed by atoms with Crippen LogP contribution in [0.15, 0.2) is 36.7 Å². The molecule has 0 fully saturated rings. The molecule has 0 aliphatic carbocycles. The summed E-state index contributed by atoms with van der Waals surface area (Å²) in [6.45, 7) is 4.26. The van der Waals surface area contributed by atoms with Crippen LogP contribution in [0.2, 0.25) is 5.02 Å². The van der Waals surface area contributed by atoms with Gasteiger partial charge in [-0.3, -0.25) is 4.98 Å².